The topological polar surface area (TPSA) is 101 Å². The maximum Gasteiger partial charge on any atom is 0.270 e. The Labute approximate surface area is 161 Å². The third kappa shape index (κ3) is 4.59. The van der Waals surface area contributed by atoms with Crippen LogP contribution in [0.25, 0.3) is 0 Å². The molecule has 0 bridgehead atoms. The van der Waals surface area contributed by atoms with Crippen molar-refractivity contribution in [2.45, 2.75) is 6.92 Å². The molecule has 0 unspecified atom stereocenters. The molecule has 0 heterocycles. The number of hydrogen-bond acceptors (Lipinski definition) is 4. The fourth-order valence-corrected chi connectivity index (χ4v) is 2.51. The maximum atomic E-state index is 12.3. The van der Waals surface area contributed by atoms with Gasteiger partial charge in [-0.15, -0.1) is 0 Å². The number of anilines is 2. The summed E-state index contributed by atoms with van der Waals surface area (Å²) in [6, 6.07) is 19.3. The van der Waals surface area contributed by atoms with Gasteiger partial charge in [0.2, 0.25) is 0 Å². The van der Waals surface area contributed by atoms with Gasteiger partial charge in [0.25, 0.3) is 17.5 Å². The lowest BCUT2D eigenvalue weighted by Gasteiger charge is -2.08. The highest BCUT2D eigenvalue weighted by molar-refractivity contribution is 6.06. The number of nitrogens with zero attached hydrogens (tertiary/aromatic N) is 1. The summed E-state index contributed by atoms with van der Waals surface area (Å²) in [5, 5.41) is 16.3. The van der Waals surface area contributed by atoms with Crippen molar-refractivity contribution in [1.29, 1.82) is 0 Å². The Morgan fingerprint density at radius 1 is 0.786 bits per heavy atom. The average molecular weight is 375 g/mol. The first-order chi connectivity index (χ1) is 13.4. The van der Waals surface area contributed by atoms with Gasteiger partial charge in [0.1, 0.15) is 0 Å². The van der Waals surface area contributed by atoms with Crippen molar-refractivity contribution in [2.24, 2.45) is 0 Å². The monoisotopic (exact) mass is 375 g/mol. The molecule has 0 aromatic heterocycles. The zero-order valence-corrected chi connectivity index (χ0v) is 15.0. The molecule has 0 aliphatic heterocycles. The first kappa shape index (κ1) is 18.8. The number of nitro groups is 1. The number of benzene rings is 3. The van der Waals surface area contributed by atoms with E-state index in [1.54, 1.807) is 36.4 Å². The van der Waals surface area contributed by atoms with Gasteiger partial charge in [-0.3, -0.25) is 19.7 Å². The van der Waals surface area contributed by atoms with Gasteiger partial charge in [0, 0.05) is 34.6 Å². The van der Waals surface area contributed by atoms with Crippen LogP contribution in [0.1, 0.15) is 26.3 Å². The Morgan fingerprint density at radius 2 is 1.32 bits per heavy atom. The molecule has 28 heavy (non-hydrogen) atoms. The quantitative estimate of drug-likeness (QED) is 0.509. The summed E-state index contributed by atoms with van der Waals surface area (Å²) in [5.41, 5.74) is 2.74. The second-order valence-corrected chi connectivity index (χ2v) is 6.16. The molecule has 2 N–H and O–H groups in total. The number of nitro benzene ring substituents is 1. The molecular formula is C21H17N3O4. The minimum Gasteiger partial charge on any atom is -0.322 e. The van der Waals surface area contributed by atoms with E-state index in [4.69, 9.17) is 0 Å². The first-order valence-electron chi connectivity index (χ1n) is 8.46. The number of rotatable bonds is 5. The molecule has 3 aromatic carbocycles. The molecule has 0 radical (unpaired) electrons. The lowest BCUT2D eigenvalue weighted by molar-refractivity contribution is -0.384. The van der Waals surface area contributed by atoms with E-state index >= 15 is 0 Å². The number of hydrogen-bond donors (Lipinski definition) is 2. The molecule has 7 heteroatoms. The summed E-state index contributed by atoms with van der Waals surface area (Å²) < 4.78 is 0. The molecular weight excluding hydrogens is 358 g/mol. The Balaban J connectivity index is 1.65. The second-order valence-electron chi connectivity index (χ2n) is 6.16. The molecule has 140 valence electrons. The minimum atomic E-state index is -0.553. The summed E-state index contributed by atoms with van der Waals surface area (Å²) in [7, 11) is 0. The van der Waals surface area contributed by atoms with Gasteiger partial charge in [-0.05, 0) is 49.4 Å². The number of non-ortho nitro benzene ring substituents is 1. The predicted molar refractivity (Wildman–Crippen MR) is 107 cm³/mol. The molecule has 0 saturated carbocycles. The molecule has 0 spiro atoms. The molecule has 0 fully saturated rings. The van der Waals surface area contributed by atoms with Crippen LogP contribution in [-0.4, -0.2) is 16.7 Å². The van der Waals surface area contributed by atoms with E-state index in [0.29, 0.717) is 16.9 Å². The van der Waals surface area contributed by atoms with Gasteiger partial charge in [0.15, 0.2) is 0 Å². The van der Waals surface area contributed by atoms with E-state index < -0.39 is 10.8 Å². The van der Waals surface area contributed by atoms with Gasteiger partial charge in [0.05, 0.1) is 4.92 Å². The normalized spacial score (nSPS) is 10.2. The number of amides is 2. The van der Waals surface area contributed by atoms with Crippen LogP contribution in [0.15, 0.2) is 72.8 Å². The third-order valence-corrected chi connectivity index (χ3v) is 4.03. The number of carbonyl (C=O) groups is 2. The highest BCUT2D eigenvalue weighted by atomic mass is 16.6. The van der Waals surface area contributed by atoms with Crippen molar-refractivity contribution in [1.82, 2.24) is 0 Å². The number of carbonyl (C=O) groups excluding carboxylic acids is 2. The fourth-order valence-electron chi connectivity index (χ4n) is 2.51. The zero-order valence-electron chi connectivity index (χ0n) is 15.0. The van der Waals surface area contributed by atoms with E-state index in [9.17, 15) is 19.7 Å². The molecule has 0 atom stereocenters. The average Bonchev–Trinajstić information content (AvgIpc) is 2.70. The predicted octanol–water partition coefficient (Wildman–Crippen LogP) is 4.41. The zero-order chi connectivity index (χ0) is 20.1. The molecule has 7 nitrogen and oxygen atoms in total. The fraction of sp³-hybridized carbons (Fsp3) is 0.0476. The summed E-state index contributed by atoms with van der Waals surface area (Å²) >= 11 is 0. The van der Waals surface area contributed by atoms with Gasteiger partial charge < -0.3 is 10.6 Å². The Hall–Kier alpha value is -4.00. The van der Waals surface area contributed by atoms with Crippen LogP contribution in [-0.2, 0) is 0 Å². The van der Waals surface area contributed by atoms with Crippen LogP contribution in [0.2, 0.25) is 0 Å². The van der Waals surface area contributed by atoms with Gasteiger partial charge in [-0.1, -0.05) is 23.8 Å². The smallest absolute Gasteiger partial charge is 0.270 e. The molecule has 2 amide bonds. The molecule has 3 rings (SSSR count). The van der Waals surface area contributed by atoms with Crippen molar-refractivity contribution in [2.75, 3.05) is 10.6 Å². The lowest BCUT2D eigenvalue weighted by Crippen LogP contribution is -2.13. The van der Waals surface area contributed by atoms with Gasteiger partial charge in [-0.2, -0.15) is 0 Å². The SMILES string of the molecule is Cc1ccc(C(=O)Nc2ccc(NC(=O)c3cccc([N+](=O)[O-])c3)cc2)cc1. The maximum absolute atomic E-state index is 12.3. The van der Waals surface area contributed by atoms with Gasteiger partial charge >= 0.3 is 0 Å². The minimum absolute atomic E-state index is 0.151. The van der Waals surface area contributed by atoms with Gasteiger partial charge in [-0.25, -0.2) is 0 Å². The van der Waals surface area contributed by atoms with E-state index in [-0.39, 0.29) is 17.2 Å². The number of nitrogens with one attached hydrogen (secondary N) is 2. The van der Waals surface area contributed by atoms with Crippen LogP contribution in [0.3, 0.4) is 0 Å². The van der Waals surface area contributed by atoms with Crippen molar-refractivity contribution >= 4 is 28.9 Å². The van der Waals surface area contributed by atoms with Crippen LogP contribution >= 0.6 is 0 Å². The van der Waals surface area contributed by atoms with Crippen molar-refractivity contribution < 1.29 is 14.5 Å². The molecule has 0 saturated heterocycles. The van der Waals surface area contributed by atoms with Crippen LogP contribution in [0.5, 0.6) is 0 Å². The summed E-state index contributed by atoms with van der Waals surface area (Å²) in [6.07, 6.45) is 0. The van der Waals surface area contributed by atoms with E-state index in [1.165, 1.54) is 24.3 Å². The second kappa shape index (κ2) is 8.13. The third-order valence-electron chi connectivity index (χ3n) is 4.03. The Kier molecular flexibility index (Phi) is 5.45. The van der Waals surface area contributed by atoms with E-state index in [2.05, 4.69) is 10.6 Å². The Morgan fingerprint density at radius 3 is 1.86 bits per heavy atom. The lowest BCUT2D eigenvalue weighted by atomic mass is 10.1. The van der Waals surface area contributed by atoms with Crippen LogP contribution in [0, 0.1) is 17.0 Å². The first-order valence-corrected chi connectivity index (χ1v) is 8.46. The summed E-state index contributed by atoms with van der Waals surface area (Å²) in [6.45, 7) is 1.95. The van der Waals surface area contributed by atoms with Crippen LogP contribution in [0.4, 0.5) is 17.1 Å². The van der Waals surface area contributed by atoms with Crippen LogP contribution < -0.4 is 10.6 Å². The molecule has 3 aromatic rings. The van der Waals surface area contributed by atoms with E-state index in [0.717, 1.165) is 5.56 Å². The highest BCUT2D eigenvalue weighted by Crippen LogP contribution is 2.18. The molecule has 0 aliphatic rings. The summed E-state index contributed by atoms with van der Waals surface area (Å²) in [5.74, 6) is -0.687. The largest absolute Gasteiger partial charge is 0.322 e. The standard InChI is InChI=1S/C21H17N3O4/c1-14-5-7-15(8-6-14)20(25)22-17-9-11-18(12-10-17)23-21(26)16-3-2-4-19(13-16)24(27)28/h2-13H,1H3,(H,22,25)(H,23,26). The van der Waals surface area contributed by atoms with E-state index in [1.807, 2.05) is 19.1 Å². The van der Waals surface area contributed by atoms with Crippen molar-refractivity contribution in [3.05, 3.63) is 99.6 Å². The number of aryl methyl sites for hydroxylation is 1. The van der Waals surface area contributed by atoms with Crippen molar-refractivity contribution in [3.8, 4) is 0 Å². The highest BCUT2D eigenvalue weighted by Gasteiger charge is 2.12. The summed E-state index contributed by atoms with van der Waals surface area (Å²) in [4.78, 5) is 34.7. The molecule has 0 aliphatic carbocycles. The Bertz CT molecular complexity index is 1030. The van der Waals surface area contributed by atoms with Crippen molar-refractivity contribution in [3.63, 3.8) is 0 Å².